The molecule has 0 aliphatic heterocycles. The number of nitrogens with one attached hydrogen (secondary N) is 2. The number of nitrogens with zero attached hydrogens (tertiary/aromatic N) is 3. The summed E-state index contributed by atoms with van der Waals surface area (Å²) in [5, 5.41) is 4.05. The van der Waals surface area contributed by atoms with Crippen LogP contribution in [-0.4, -0.2) is 47.0 Å². The zero-order chi connectivity index (χ0) is 20.4. The summed E-state index contributed by atoms with van der Waals surface area (Å²) >= 11 is 0. The first-order valence-electron chi connectivity index (χ1n) is 9.29. The molecule has 0 atom stereocenters. The van der Waals surface area contributed by atoms with E-state index in [1.54, 1.807) is 24.7 Å². The van der Waals surface area contributed by atoms with Gasteiger partial charge >= 0.3 is 0 Å². The number of halogens is 2. The van der Waals surface area contributed by atoms with Crippen molar-refractivity contribution in [3.63, 3.8) is 0 Å². The second kappa shape index (κ2) is 7.97. The fourth-order valence-electron chi connectivity index (χ4n) is 3.21. The van der Waals surface area contributed by atoms with Crippen LogP contribution < -0.4 is 5.32 Å². The molecule has 2 N–H and O–H groups in total. The third-order valence-corrected chi connectivity index (χ3v) is 4.72. The molecule has 29 heavy (non-hydrogen) atoms. The number of benzene rings is 2. The number of aromatic nitrogens is 3. The van der Waals surface area contributed by atoms with Gasteiger partial charge in [0, 0.05) is 46.9 Å². The van der Waals surface area contributed by atoms with E-state index in [2.05, 4.69) is 25.2 Å². The Morgan fingerprint density at radius 2 is 1.93 bits per heavy atom. The molecule has 148 valence electrons. The molecule has 0 aliphatic rings. The van der Waals surface area contributed by atoms with Gasteiger partial charge in [0.15, 0.2) is 11.6 Å². The van der Waals surface area contributed by atoms with Crippen LogP contribution in [0.1, 0.15) is 0 Å². The molecular weight excluding hydrogens is 372 g/mol. The second-order valence-electron chi connectivity index (χ2n) is 7.08. The topological polar surface area (TPSA) is 56.8 Å². The first-order chi connectivity index (χ1) is 14.0. The van der Waals surface area contributed by atoms with E-state index in [0.29, 0.717) is 17.1 Å². The van der Waals surface area contributed by atoms with Gasteiger partial charge in [0.05, 0.1) is 18.1 Å². The van der Waals surface area contributed by atoms with Crippen molar-refractivity contribution in [3.8, 4) is 22.4 Å². The van der Waals surface area contributed by atoms with Gasteiger partial charge < -0.3 is 15.2 Å². The van der Waals surface area contributed by atoms with Crippen LogP contribution in [0.2, 0.25) is 0 Å². The van der Waals surface area contributed by atoms with E-state index >= 15 is 0 Å². The van der Waals surface area contributed by atoms with Crippen molar-refractivity contribution in [2.75, 3.05) is 32.5 Å². The summed E-state index contributed by atoms with van der Waals surface area (Å²) in [5.74, 6) is -1.03. The predicted octanol–water partition coefficient (Wildman–Crippen LogP) is 4.54. The minimum atomic E-state index is -0.865. The Kier molecular flexibility index (Phi) is 5.22. The summed E-state index contributed by atoms with van der Waals surface area (Å²) in [4.78, 5) is 14.1. The average Bonchev–Trinajstić information content (AvgIpc) is 3.13. The number of aromatic amines is 1. The summed E-state index contributed by atoms with van der Waals surface area (Å²) in [6.45, 7) is 1.63. The van der Waals surface area contributed by atoms with E-state index < -0.39 is 11.6 Å². The zero-order valence-corrected chi connectivity index (χ0v) is 16.2. The van der Waals surface area contributed by atoms with Crippen LogP contribution in [0.5, 0.6) is 0 Å². The Hall–Kier alpha value is -3.32. The van der Waals surface area contributed by atoms with Gasteiger partial charge in [0.1, 0.15) is 5.82 Å². The molecule has 0 amide bonds. The minimum absolute atomic E-state index is 0.221. The largest absolute Gasteiger partial charge is 0.367 e. The molecule has 0 spiro atoms. The molecule has 2 heterocycles. The fourth-order valence-corrected chi connectivity index (χ4v) is 3.21. The fraction of sp³-hybridized carbons (Fsp3) is 0.182. The van der Waals surface area contributed by atoms with Crippen LogP contribution in [-0.2, 0) is 0 Å². The van der Waals surface area contributed by atoms with Crippen LogP contribution in [0.4, 0.5) is 14.6 Å². The number of rotatable bonds is 6. The molecule has 0 saturated heterocycles. The van der Waals surface area contributed by atoms with Gasteiger partial charge in [-0.2, -0.15) is 0 Å². The van der Waals surface area contributed by atoms with Gasteiger partial charge in [-0.25, -0.2) is 13.8 Å². The number of anilines is 1. The third kappa shape index (κ3) is 3.95. The van der Waals surface area contributed by atoms with Gasteiger partial charge in [-0.1, -0.05) is 18.2 Å². The van der Waals surface area contributed by atoms with Crippen molar-refractivity contribution in [2.45, 2.75) is 0 Å². The Bertz CT molecular complexity index is 1150. The monoisotopic (exact) mass is 393 g/mol. The van der Waals surface area contributed by atoms with Crippen molar-refractivity contribution in [1.29, 1.82) is 0 Å². The molecule has 2 aromatic carbocycles. The Morgan fingerprint density at radius 3 is 2.76 bits per heavy atom. The Labute approximate surface area is 167 Å². The molecule has 0 fully saturated rings. The molecular formula is C22H21F2N5. The highest BCUT2D eigenvalue weighted by molar-refractivity contribution is 5.97. The van der Waals surface area contributed by atoms with Gasteiger partial charge in [0.2, 0.25) is 0 Å². The number of hydrogen-bond donors (Lipinski definition) is 2. The van der Waals surface area contributed by atoms with Crippen LogP contribution in [0.25, 0.3) is 33.3 Å². The summed E-state index contributed by atoms with van der Waals surface area (Å²) in [5.41, 5.74) is 3.21. The van der Waals surface area contributed by atoms with Gasteiger partial charge in [0.25, 0.3) is 0 Å². The summed E-state index contributed by atoms with van der Waals surface area (Å²) in [6.07, 6.45) is 5.06. The first-order valence-corrected chi connectivity index (χ1v) is 9.29. The van der Waals surface area contributed by atoms with E-state index in [4.69, 9.17) is 0 Å². The van der Waals surface area contributed by atoms with Gasteiger partial charge in [-0.15, -0.1) is 0 Å². The molecule has 2 aromatic heterocycles. The van der Waals surface area contributed by atoms with Crippen LogP contribution in [0, 0.1) is 11.6 Å². The van der Waals surface area contributed by atoms with E-state index in [1.165, 1.54) is 6.07 Å². The first kappa shape index (κ1) is 19.0. The quantitative estimate of drug-likeness (QED) is 0.505. The molecule has 0 bridgehead atoms. The molecule has 4 rings (SSSR count). The van der Waals surface area contributed by atoms with E-state index in [9.17, 15) is 8.78 Å². The molecule has 0 saturated carbocycles. The van der Waals surface area contributed by atoms with E-state index in [1.807, 2.05) is 32.3 Å². The lowest BCUT2D eigenvalue weighted by Gasteiger charge is -2.11. The number of H-pyrrole nitrogens is 1. The van der Waals surface area contributed by atoms with E-state index in [-0.39, 0.29) is 5.56 Å². The second-order valence-corrected chi connectivity index (χ2v) is 7.08. The number of hydrogen-bond acceptors (Lipinski definition) is 4. The van der Waals surface area contributed by atoms with Crippen LogP contribution in [0.15, 0.2) is 55.0 Å². The molecule has 7 heteroatoms. The highest BCUT2D eigenvalue weighted by Crippen LogP contribution is 2.33. The highest BCUT2D eigenvalue weighted by atomic mass is 19.2. The van der Waals surface area contributed by atoms with Crippen molar-refractivity contribution in [2.24, 2.45) is 0 Å². The van der Waals surface area contributed by atoms with Crippen molar-refractivity contribution < 1.29 is 8.78 Å². The summed E-state index contributed by atoms with van der Waals surface area (Å²) in [7, 11) is 4.02. The van der Waals surface area contributed by atoms with Crippen molar-refractivity contribution in [3.05, 3.63) is 66.6 Å². The summed E-state index contributed by atoms with van der Waals surface area (Å²) < 4.78 is 28.0. The van der Waals surface area contributed by atoms with Crippen molar-refractivity contribution in [1.82, 2.24) is 19.9 Å². The minimum Gasteiger partial charge on any atom is -0.367 e. The van der Waals surface area contributed by atoms with Crippen LogP contribution >= 0.6 is 0 Å². The van der Waals surface area contributed by atoms with Crippen LogP contribution in [0.3, 0.4) is 0 Å². The Morgan fingerprint density at radius 1 is 1.07 bits per heavy atom. The molecule has 0 aliphatic carbocycles. The molecule has 0 unspecified atom stereocenters. The number of fused-ring (bicyclic) bond motifs is 1. The zero-order valence-electron chi connectivity index (χ0n) is 16.2. The van der Waals surface area contributed by atoms with Gasteiger partial charge in [-0.3, -0.25) is 4.98 Å². The SMILES string of the molecule is CN(C)CCNc1cncc(-c2ccc3[nH]cc(-c4cccc(F)c4F)c3c2)n1. The lowest BCUT2D eigenvalue weighted by molar-refractivity contribution is 0.425. The highest BCUT2D eigenvalue weighted by Gasteiger charge is 2.14. The lowest BCUT2D eigenvalue weighted by Crippen LogP contribution is -2.21. The average molecular weight is 393 g/mol. The standard InChI is InChI=1S/C22H21F2N5/c1-29(2)9-8-26-21-13-25-12-20(28-21)14-6-7-19-16(10-14)17(11-27-19)15-4-3-5-18(23)22(15)24/h3-7,10-13,27H,8-9H2,1-2H3,(H,26,28). The number of likely N-dealkylation sites (N-methyl/N-ethyl adjacent to an activating group) is 1. The van der Waals surface area contributed by atoms with Gasteiger partial charge in [-0.05, 0) is 32.3 Å². The predicted molar refractivity (Wildman–Crippen MR) is 112 cm³/mol. The Balaban J connectivity index is 1.70. The normalized spacial score (nSPS) is 11.3. The van der Waals surface area contributed by atoms with E-state index in [0.717, 1.165) is 35.6 Å². The van der Waals surface area contributed by atoms with Crippen molar-refractivity contribution >= 4 is 16.7 Å². The molecule has 5 nitrogen and oxygen atoms in total. The maximum Gasteiger partial charge on any atom is 0.166 e. The smallest absolute Gasteiger partial charge is 0.166 e. The maximum absolute atomic E-state index is 14.3. The molecule has 0 radical (unpaired) electrons. The summed E-state index contributed by atoms with van der Waals surface area (Å²) in [6, 6.07) is 9.94. The maximum atomic E-state index is 14.3. The molecule has 4 aromatic rings. The lowest BCUT2D eigenvalue weighted by atomic mass is 10.0. The third-order valence-electron chi connectivity index (χ3n) is 4.72.